The summed E-state index contributed by atoms with van der Waals surface area (Å²) in [6.45, 7) is 1.85. The molecule has 0 bridgehead atoms. The molecule has 1 N–H and O–H groups in total. The Morgan fingerprint density at radius 2 is 2.00 bits per heavy atom. The molecule has 0 aliphatic rings. The Balaban J connectivity index is 2.25. The van der Waals surface area contributed by atoms with Gasteiger partial charge in [-0.05, 0) is 64.3 Å². The number of carboxylic acids is 1. The van der Waals surface area contributed by atoms with Gasteiger partial charge in [0, 0.05) is 6.08 Å². The Labute approximate surface area is 129 Å². The fourth-order valence-electron chi connectivity index (χ4n) is 1.68. The summed E-state index contributed by atoms with van der Waals surface area (Å²) >= 11 is 3.33. The molecule has 0 heterocycles. The van der Waals surface area contributed by atoms with Crippen molar-refractivity contribution in [3.63, 3.8) is 0 Å². The Morgan fingerprint density at radius 1 is 1.24 bits per heavy atom. The molecule has 0 unspecified atom stereocenters. The lowest BCUT2D eigenvalue weighted by molar-refractivity contribution is -0.131. The number of halogens is 2. The van der Waals surface area contributed by atoms with Crippen LogP contribution in [0, 0.1) is 12.7 Å². The highest BCUT2D eigenvalue weighted by Crippen LogP contribution is 2.32. The highest BCUT2D eigenvalue weighted by Gasteiger charge is 2.08. The number of aryl methyl sites for hydroxylation is 1. The SMILES string of the molecule is Cc1ccc(F)c(Oc2ccc(/C=C/C(=O)O)cc2Br)c1. The second-order valence-corrected chi connectivity index (χ2v) is 5.25. The summed E-state index contributed by atoms with van der Waals surface area (Å²) in [5, 5.41) is 8.59. The van der Waals surface area contributed by atoms with Crippen LogP contribution in [0.3, 0.4) is 0 Å². The van der Waals surface area contributed by atoms with E-state index in [4.69, 9.17) is 9.84 Å². The zero-order valence-electron chi connectivity index (χ0n) is 11.1. The number of benzene rings is 2. The Hall–Kier alpha value is -2.14. The molecular formula is C16H12BrFO3. The van der Waals surface area contributed by atoms with Gasteiger partial charge in [-0.25, -0.2) is 9.18 Å². The number of rotatable bonds is 4. The van der Waals surface area contributed by atoms with Crippen LogP contribution >= 0.6 is 15.9 Å². The van der Waals surface area contributed by atoms with E-state index in [1.807, 2.05) is 6.92 Å². The van der Waals surface area contributed by atoms with E-state index >= 15 is 0 Å². The zero-order valence-corrected chi connectivity index (χ0v) is 12.7. The third kappa shape index (κ3) is 4.16. The van der Waals surface area contributed by atoms with E-state index in [1.165, 1.54) is 12.1 Å². The molecule has 2 aromatic rings. The first-order chi connectivity index (χ1) is 9.95. The Morgan fingerprint density at radius 3 is 2.67 bits per heavy atom. The minimum Gasteiger partial charge on any atom is -0.478 e. The van der Waals surface area contributed by atoms with Gasteiger partial charge in [-0.15, -0.1) is 0 Å². The van der Waals surface area contributed by atoms with Crippen molar-refractivity contribution in [1.82, 2.24) is 0 Å². The molecule has 0 aliphatic carbocycles. The highest BCUT2D eigenvalue weighted by molar-refractivity contribution is 9.10. The fourth-order valence-corrected chi connectivity index (χ4v) is 2.16. The summed E-state index contributed by atoms with van der Waals surface area (Å²) in [7, 11) is 0. The van der Waals surface area contributed by atoms with Crippen LogP contribution in [0.1, 0.15) is 11.1 Å². The molecule has 2 rings (SSSR count). The first-order valence-corrected chi connectivity index (χ1v) is 6.89. The lowest BCUT2D eigenvalue weighted by Crippen LogP contribution is -1.91. The summed E-state index contributed by atoms with van der Waals surface area (Å²) in [5.41, 5.74) is 1.59. The van der Waals surface area contributed by atoms with Gasteiger partial charge in [-0.3, -0.25) is 0 Å². The molecule has 0 saturated heterocycles. The molecule has 0 spiro atoms. The van der Waals surface area contributed by atoms with Gasteiger partial charge in [0.1, 0.15) is 5.75 Å². The van der Waals surface area contributed by atoms with Crippen LogP contribution < -0.4 is 4.74 Å². The number of ether oxygens (including phenoxy) is 1. The van der Waals surface area contributed by atoms with Crippen molar-refractivity contribution >= 4 is 28.0 Å². The van der Waals surface area contributed by atoms with Gasteiger partial charge in [-0.2, -0.15) is 0 Å². The Kier molecular flexibility index (Phi) is 4.75. The predicted molar refractivity (Wildman–Crippen MR) is 82.0 cm³/mol. The van der Waals surface area contributed by atoms with Crippen LogP contribution in [0.2, 0.25) is 0 Å². The lowest BCUT2D eigenvalue weighted by atomic mass is 10.2. The molecule has 0 fully saturated rings. The average molecular weight is 351 g/mol. The molecule has 3 nitrogen and oxygen atoms in total. The van der Waals surface area contributed by atoms with E-state index in [0.717, 1.165) is 11.6 Å². The molecule has 5 heteroatoms. The molecule has 0 atom stereocenters. The molecule has 0 saturated carbocycles. The summed E-state index contributed by atoms with van der Waals surface area (Å²) in [6.07, 6.45) is 2.51. The van der Waals surface area contributed by atoms with Crippen molar-refractivity contribution in [3.8, 4) is 11.5 Å². The monoisotopic (exact) mass is 350 g/mol. The number of carbonyl (C=O) groups is 1. The molecule has 0 amide bonds. The lowest BCUT2D eigenvalue weighted by Gasteiger charge is -2.10. The van der Waals surface area contributed by atoms with E-state index in [2.05, 4.69) is 15.9 Å². The maximum absolute atomic E-state index is 13.7. The zero-order chi connectivity index (χ0) is 15.4. The van der Waals surface area contributed by atoms with Crippen LogP contribution in [0.5, 0.6) is 11.5 Å². The first-order valence-electron chi connectivity index (χ1n) is 6.10. The first kappa shape index (κ1) is 15.3. The van der Waals surface area contributed by atoms with Gasteiger partial charge in [0.2, 0.25) is 0 Å². The van der Waals surface area contributed by atoms with E-state index in [-0.39, 0.29) is 5.75 Å². The summed E-state index contributed by atoms with van der Waals surface area (Å²) < 4.78 is 19.8. The molecule has 0 radical (unpaired) electrons. The van der Waals surface area contributed by atoms with Crippen LogP contribution in [-0.4, -0.2) is 11.1 Å². The summed E-state index contributed by atoms with van der Waals surface area (Å²) in [6, 6.07) is 9.66. The second kappa shape index (κ2) is 6.54. The van der Waals surface area contributed by atoms with Gasteiger partial charge >= 0.3 is 5.97 Å². The molecule has 2 aromatic carbocycles. The van der Waals surface area contributed by atoms with Crippen LogP contribution in [0.4, 0.5) is 4.39 Å². The molecule has 0 aromatic heterocycles. The maximum Gasteiger partial charge on any atom is 0.328 e. The molecular weight excluding hydrogens is 339 g/mol. The topological polar surface area (TPSA) is 46.5 Å². The van der Waals surface area contributed by atoms with Crippen LogP contribution in [-0.2, 0) is 4.79 Å². The van der Waals surface area contributed by atoms with Crippen molar-refractivity contribution in [2.45, 2.75) is 6.92 Å². The van der Waals surface area contributed by atoms with Gasteiger partial charge in [0.05, 0.1) is 4.47 Å². The van der Waals surface area contributed by atoms with Gasteiger partial charge < -0.3 is 9.84 Å². The van der Waals surface area contributed by atoms with E-state index in [9.17, 15) is 9.18 Å². The Bertz CT molecular complexity index is 711. The van der Waals surface area contributed by atoms with Gasteiger partial charge in [0.15, 0.2) is 11.6 Å². The van der Waals surface area contributed by atoms with E-state index in [1.54, 1.807) is 30.3 Å². The quantitative estimate of drug-likeness (QED) is 0.806. The minimum atomic E-state index is -1.02. The normalized spacial score (nSPS) is 10.8. The number of aliphatic carboxylic acids is 1. The number of hydrogen-bond donors (Lipinski definition) is 1. The molecule has 0 aliphatic heterocycles. The van der Waals surface area contributed by atoms with Gasteiger partial charge in [0.25, 0.3) is 0 Å². The molecule has 108 valence electrons. The minimum absolute atomic E-state index is 0.143. The van der Waals surface area contributed by atoms with Crippen molar-refractivity contribution in [2.24, 2.45) is 0 Å². The van der Waals surface area contributed by atoms with Crippen molar-refractivity contribution in [2.75, 3.05) is 0 Å². The van der Waals surface area contributed by atoms with Crippen LogP contribution in [0.25, 0.3) is 6.08 Å². The largest absolute Gasteiger partial charge is 0.478 e. The van der Waals surface area contributed by atoms with E-state index < -0.39 is 11.8 Å². The molecule has 21 heavy (non-hydrogen) atoms. The van der Waals surface area contributed by atoms with Gasteiger partial charge in [-0.1, -0.05) is 12.1 Å². The average Bonchev–Trinajstić information content (AvgIpc) is 2.43. The summed E-state index contributed by atoms with van der Waals surface area (Å²) in [5.74, 6) is -0.868. The van der Waals surface area contributed by atoms with Crippen molar-refractivity contribution in [3.05, 3.63) is 63.9 Å². The fraction of sp³-hybridized carbons (Fsp3) is 0.0625. The smallest absolute Gasteiger partial charge is 0.328 e. The third-order valence-electron chi connectivity index (χ3n) is 2.68. The van der Waals surface area contributed by atoms with E-state index in [0.29, 0.717) is 15.8 Å². The predicted octanol–water partition coefficient (Wildman–Crippen LogP) is 4.79. The third-order valence-corrected chi connectivity index (χ3v) is 3.30. The number of hydrogen-bond acceptors (Lipinski definition) is 2. The van der Waals surface area contributed by atoms with Crippen molar-refractivity contribution < 1.29 is 19.0 Å². The standard InChI is InChI=1S/C16H12BrFO3/c1-10-2-5-13(18)15(8-10)21-14-6-3-11(9-12(14)17)4-7-16(19)20/h2-9H,1H3,(H,19,20)/b7-4+. The maximum atomic E-state index is 13.7. The highest BCUT2D eigenvalue weighted by atomic mass is 79.9. The van der Waals surface area contributed by atoms with Crippen molar-refractivity contribution in [1.29, 1.82) is 0 Å². The second-order valence-electron chi connectivity index (χ2n) is 4.40. The number of carboxylic acid groups (broad SMARTS) is 1. The summed E-state index contributed by atoms with van der Waals surface area (Å²) in [4.78, 5) is 10.5. The van der Waals surface area contributed by atoms with Crippen LogP contribution in [0.15, 0.2) is 46.9 Å².